The Labute approximate surface area is 95.7 Å². The van der Waals surface area contributed by atoms with Crippen molar-refractivity contribution in [3.63, 3.8) is 0 Å². The minimum absolute atomic E-state index is 0.161. The smallest absolute Gasteiger partial charge is 0.310 e. The zero-order chi connectivity index (χ0) is 12.1. The lowest BCUT2D eigenvalue weighted by atomic mass is 9.95. The first kappa shape index (κ1) is 12.3. The predicted octanol–water partition coefficient (Wildman–Crippen LogP) is 2.14. The van der Waals surface area contributed by atoms with E-state index in [1.807, 2.05) is 26.0 Å². The number of rotatable bonds is 3. The van der Waals surface area contributed by atoms with Gasteiger partial charge >= 0.3 is 5.97 Å². The van der Waals surface area contributed by atoms with Gasteiger partial charge in [0, 0.05) is 0 Å². The highest BCUT2D eigenvalue weighted by Gasteiger charge is 2.12. The third-order valence-electron chi connectivity index (χ3n) is 2.50. The van der Waals surface area contributed by atoms with E-state index < -0.39 is 0 Å². The molecule has 0 heterocycles. The molecule has 0 saturated carbocycles. The number of hydrogen-bond donors (Lipinski definition) is 0. The third kappa shape index (κ3) is 2.60. The topological polar surface area (TPSA) is 50.1 Å². The van der Waals surface area contributed by atoms with E-state index >= 15 is 0 Å². The van der Waals surface area contributed by atoms with Crippen LogP contribution in [0.1, 0.15) is 29.2 Å². The van der Waals surface area contributed by atoms with Crippen LogP contribution in [-0.2, 0) is 22.4 Å². The molecule has 0 saturated heterocycles. The molecule has 0 fully saturated rings. The number of ether oxygens (including phenoxy) is 1. The molecule has 1 rings (SSSR count). The summed E-state index contributed by atoms with van der Waals surface area (Å²) < 4.78 is 4.62. The van der Waals surface area contributed by atoms with Crippen LogP contribution >= 0.6 is 0 Å². The van der Waals surface area contributed by atoms with Crippen molar-refractivity contribution in [1.29, 1.82) is 5.26 Å². The summed E-state index contributed by atoms with van der Waals surface area (Å²) in [5.41, 5.74) is 3.42. The van der Waals surface area contributed by atoms with Gasteiger partial charge in [-0.15, -0.1) is 0 Å². The fourth-order valence-corrected chi connectivity index (χ4v) is 1.73. The van der Waals surface area contributed by atoms with E-state index in [2.05, 4.69) is 10.8 Å². The number of benzene rings is 1. The maximum Gasteiger partial charge on any atom is 0.310 e. The SMILES string of the molecule is CCc1cc(C)cc(CC(=O)OC)c1C#N. The number of nitriles is 1. The van der Waals surface area contributed by atoms with Crippen molar-refractivity contribution in [1.82, 2.24) is 0 Å². The van der Waals surface area contributed by atoms with Crippen LogP contribution in [0.2, 0.25) is 0 Å². The molecular weight excluding hydrogens is 202 g/mol. The second-order valence-electron chi connectivity index (χ2n) is 3.68. The molecule has 0 aliphatic heterocycles. The maximum atomic E-state index is 11.2. The number of nitrogens with zero attached hydrogens (tertiary/aromatic N) is 1. The third-order valence-corrected chi connectivity index (χ3v) is 2.50. The largest absolute Gasteiger partial charge is 0.469 e. The molecule has 0 aromatic heterocycles. The van der Waals surface area contributed by atoms with Crippen molar-refractivity contribution in [3.05, 3.63) is 34.4 Å². The second-order valence-corrected chi connectivity index (χ2v) is 3.68. The van der Waals surface area contributed by atoms with Crippen LogP contribution in [-0.4, -0.2) is 13.1 Å². The van der Waals surface area contributed by atoms with Crippen molar-refractivity contribution >= 4 is 5.97 Å². The van der Waals surface area contributed by atoms with E-state index in [0.29, 0.717) is 5.56 Å². The molecule has 1 aromatic carbocycles. The van der Waals surface area contributed by atoms with Gasteiger partial charge in [-0.2, -0.15) is 5.26 Å². The van der Waals surface area contributed by atoms with Gasteiger partial charge in [0.2, 0.25) is 0 Å². The minimum atomic E-state index is -0.316. The molecule has 84 valence electrons. The van der Waals surface area contributed by atoms with Gasteiger partial charge in [0.1, 0.15) is 0 Å². The number of methoxy groups -OCH3 is 1. The standard InChI is InChI=1S/C13H15NO2/c1-4-10-5-9(2)6-11(12(10)8-14)7-13(15)16-3/h5-6H,4,7H2,1-3H3. The van der Waals surface area contributed by atoms with Crippen LogP contribution in [0.3, 0.4) is 0 Å². The summed E-state index contributed by atoms with van der Waals surface area (Å²) in [6, 6.07) is 6.02. The summed E-state index contributed by atoms with van der Waals surface area (Å²) in [5.74, 6) is -0.316. The number of aryl methyl sites for hydroxylation is 2. The monoisotopic (exact) mass is 217 g/mol. The highest BCUT2D eigenvalue weighted by atomic mass is 16.5. The maximum absolute atomic E-state index is 11.2. The molecule has 0 radical (unpaired) electrons. The summed E-state index contributed by atoms with van der Waals surface area (Å²) in [5, 5.41) is 9.10. The lowest BCUT2D eigenvalue weighted by Crippen LogP contribution is -2.07. The lowest BCUT2D eigenvalue weighted by molar-refractivity contribution is -0.139. The van der Waals surface area contributed by atoms with E-state index in [0.717, 1.165) is 23.1 Å². The van der Waals surface area contributed by atoms with Gasteiger partial charge in [-0.25, -0.2) is 0 Å². The van der Waals surface area contributed by atoms with Gasteiger partial charge in [0.25, 0.3) is 0 Å². The molecule has 0 N–H and O–H groups in total. The first-order valence-corrected chi connectivity index (χ1v) is 5.21. The molecule has 0 spiro atoms. The average Bonchev–Trinajstić information content (AvgIpc) is 2.28. The Morgan fingerprint density at radius 2 is 2.06 bits per heavy atom. The second kappa shape index (κ2) is 5.32. The Hall–Kier alpha value is -1.82. The fraction of sp³-hybridized carbons (Fsp3) is 0.385. The van der Waals surface area contributed by atoms with Gasteiger partial charge < -0.3 is 4.74 Å². The van der Waals surface area contributed by atoms with Crippen LogP contribution in [0.4, 0.5) is 0 Å². The number of esters is 1. The molecule has 3 nitrogen and oxygen atoms in total. The highest BCUT2D eigenvalue weighted by molar-refractivity contribution is 5.73. The van der Waals surface area contributed by atoms with Crippen LogP contribution < -0.4 is 0 Å². The lowest BCUT2D eigenvalue weighted by Gasteiger charge is -2.09. The van der Waals surface area contributed by atoms with E-state index in [4.69, 9.17) is 5.26 Å². The summed E-state index contributed by atoms with van der Waals surface area (Å²) in [6.07, 6.45) is 0.951. The van der Waals surface area contributed by atoms with E-state index in [1.165, 1.54) is 7.11 Å². The molecule has 0 amide bonds. The summed E-state index contributed by atoms with van der Waals surface area (Å²) in [4.78, 5) is 11.2. The Morgan fingerprint density at radius 1 is 1.44 bits per heavy atom. The number of carbonyl (C=O) groups excluding carboxylic acids is 1. The molecule has 16 heavy (non-hydrogen) atoms. The molecule has 0 aliphatic carbocycles. The normalized spacial score (nSPS) is 9.62. The van der Waals surface area contributed by atoms with Crippen molar-refractivity contribution in [2.24, 2.45) is 0 Å². The van der Waals surface area contributed by atoms with E-state index in [9.17, 15) is 4.79 Å². The number of hydrogen-bond acceptors (Lipinski definition) is 3. The average molecular weight is 217 g/mol. The van der Waals surface area contributed by atoms with Gasteiger partial charge in [-0.05, 0) is 24.5 Å². The predicted molar refractivity (Wildman–Crippen MR) is 61.0 cm³/mol. The van der Waals surface area contributed by atoms with Crippen LogP contribution in [0.5, 0.6) is 0 Å². The van der Waals surface area contributed by atoms with Gasteiger partial charge in [-0.1, -0.05) is 24.6 Å². The molecule has 3 heteroatoms. The Balaban J connectivity index is 3.21. The van der Waals surface area contributed by atoms with Gasteiger partial charge in [0.05, 0.1) is 25.2 Å². The van der Waals surface area contributed by atoms with Crippen molar-refractivity contribution in [2.45, 2.75) is 26.7 Å². The van der Waals surface area contributed by atoms with Gasteiger partial charge in [0.15, 0.2) is 0 Å². The van der Waals surface area contributed by atoms with E-state index in [-0.39, 0.29) is 12.4 Å². The molecular formula is C13H15NO2. The fourth-order valence-electron chi connectivity index (χ4n) is 1.73. The van der Waals surface area contributed by atoms with Crippen LogP contribution in [0.15, 0.2) is 12.1 Å². The van der Waals surface area contributed by atoms with E-state index in [1.54, 1.807) is 0 Å². The van der Waals surface area contributed by atoms with Crippen LogP contribution in [0.25, 0.3) is 0 Å². The number of carbonyl (C=O) groups is 1. The van der Waals surface area contributed by atoms with Crippen molar-refractivity contribution < 1.29 is 9.53 Å². The Kier molecular flexibility index (Phi) is 4.07. The summed E-state index contributed by atoms with van der Waals surface area (Å²) in [6.45, 7) is 3.96. The highest BCUT2D eigenvalue weighted by Crippen LogP contribution is 2.18. The molecule has 0 unspecified atom stereocenters. The Bertz CT molecular complexity index is 444. The van der Waals surface area contributed by atoms with Crippen molar-refractivity contribution in [3.8, 4) is 6.07 Å². The molecule has 0 bridgehead atoms. The zero-order valence-electron chi connectivity index (χ0n) is 9.83. The quantitative estimate of drug-likeness (QED) is 0.729. The van der Waals surface area contributed by atoms with Crippen molar-refractivity contribution in [2.75, 3.05) is 7.11 Å². The summed E-state index contributed by atoms with van der Waals surface area (Å²) >= 11 is 0. The molecule has 1 aromatic rings. The first-order valence-electron chi connectivity index (χ1n) is 5.21. The minimum Gasteiger partial charge on any atom is -0.469 e. The first-order chi connectivity index (χ1) is 7.62. The zero-order valence-corrected chi connectivity index (χ0v) is 9.83. The van der Waals surface area contributed by atoms with Crippen LogP contribution in [0, 0.1) is 18.3 Å². The summed E-state index contributed by atoms with van der Waals surface area (Å²) in [7, 11) is 1.35. The molecule has 0 atom stereocenters. The van der Waals surface area contributed by atoms with Gasteiger partial charge in [-0.3, -0.25) is 4.79 Å². The molecule has 0 aliphatic rings. The Morgan fingerprint density at radius 3 is 2.56 bits per heavy atom.